The Kier molecular flexibility index (Phi) is 3.86. The molecule has 3 aromatic rings. The second-order valence-electron chi connectivity index (χ2n) is 5.08. The molecule has 114 valence electrons. The van der Waals surface area contributed by atoms with Gasteiger partial charge in [0.15, 0.2) is 0 Å². The summed E-state index contributed by atoms with van der Waals surface area (Å²) in [5.74, 6) is -0.0856. The number of rotatable bonds is 5. The number of hydrogen-bond donors (Lipinski definition) is 1. The Morgan fingerprint density at radius 3 is 2.91 bits per heavy atom. The third kappa shape index (κ3) is 2.69. The summed E-state index contributed by atoms with van der Waals surface area (Å²) in [7, 11) is 0. The van der Waals surface area contributed by atoms with Gasteiger partial charge in [-0.15, -0.1) is 0 Å². The summed E-state index contributed by atoms with van der Waals surface area (Å²) < 4.78 is 3.59. The number of carbonyl (C=O) groups is 1. The number of fused-ring (bicyclic) bond motifs is 1. The molecular formula is C15H18N6O. The van der Waals surface area contributed by atoms with Gasteiger partial charge in [-0.25, -0.2) is 0 Å². The topological polar surface area (TPSA) is 77.6 Å². The second kappa shape index (κ2) is 5.97. The van der Waals surface area contributed by atoms with E-state index in [0.29, 0.717) is 6.54 Å². The van der Waals surface area contributed by atoms with Crippen LogP contribution in [0.5, 0.6) is 0 Å². The summed E-state index contributed by atoms with van der Waals surface area (Å²) in [4.78, 5) is 16.1. The van der Waals surface area contributed by atoms with Crippen molar-refractivity contribution in [3.8, 4) is 0 Å². The van der Waals surface area contributed by atoms with E-state index in [0.717, 1.165) is 28.8 Å². The van der Waals surface area contributed by atoms with Gasteiger partial charge in [0.05, 0.1) is 11.9 Å². The van der Waals surface area contributed by atoms with Crippen LogP contribution in [-0.4, -0.2) is 30.5 Å². The molecule has 7 heteroatoms. The monoisotopic (exact) mass is 298 g/mol. The minimum atomic E-state index is -0.0856. The van der Waals surface area contributed by atoms with Crippen LogP contribution in [-0.2, 0) is 24.4 Å². The highest BCUT2D eigenvalue weighted by atomic mass is 16.2. The fourth-order valence-electron chi connectivity index (χ4n) is 2.47. The van der Waals surface area contributed by atoms with Gasteiger partial charge in [0.25, 0.3) is 0 Å². The van der Waals surface area contributed by atoms with Gasteiger partial charge >= 0.3 is 0 Å². The van der Waals surface area contributed by atoms with Gasteiger partial charge in [0, 0.05) is 25.5 Å². The van der Waals surface area contributed by atoms with Crippen molar-refractivity contribution in [1.29, 1.82) is 0 Å². The van der Waals surface area contributed by atoms with E-state index in [9.17, 15) is 4.79 Å². The molecule has 3 heterocycles. The van der Waals surface area contributed by atoms with Gasteiger partial charge in [0.1, 0.15) is 17.6 Å². The maximum absolute atomic E-state index is 12.1. The Bertz CT molecular complexity index is 789. The molecular weight excluding hydrogens is 280 g/mol. The highest BCUT2D eigenvalue weighted by molar-refractivity contribution is 5.81. The first kappa shape index (κ1) is 14.2. The van der Waals surface area contributed by atoms with Crippen molar-refractivity contribution in [3.05, 3.63) is 42.0 Å². The average molecular weight is 298 g/mol. The van der Waals surface area contributed by atoms with Crippen molar-refractivity contribution in [2.24, 2.45) is 0 Å². The second-order valence-corrected chi connectivity index (χ2v) is 5.08. The number of nitrogens with zero attached hydrogens (tertiary/aromatic N) is 5. The summed E-state index contributed by atoms with van der Waals surface area (Å²) in [6.07, 6.45) is 5.20. The van der Waals surface area contributed by atoms with Crippen LogP contribution in [0.1, 0.15) is 18.2 Å². The van der Waals surface area contributed by atoms with Gasteiger partial charge < -0.3 is 5.32 Å². The molecule has 3 aromatic heterocycles. The highest BCUT2D eigenvalue weighted by Gasteiger charge is 2.14. The lowest BCUT2D eigenvalue weighted by molar-refractivity contribution is -0.121. The first-order chi connectivity index (χ1) is 10.7. The number of hydrogen-bond acceptors (Lipinski definition) is 4. The predicted octanol–water partition coefficient (Wildman–Crippen LogP) is 1.27. The highest BCUT2D eigenvalue weighted by Crippen LogP contribution is 2.17. The molecule has 3 rings (SSSR count). The molecule has 0 aliphatic heterocycles. The SMILES string of the molecule is CCn1nc(C)c2c1cnn2CC(=O)NCc1cccnc1. The third-order valence-electron chi connectivity index (χ3n) is 3.52. The molecule has 0 aromatic carbocycles. The van der Waals surface area contributed by atoms with Gasteiger partial charge in [-0.3, -0.25) is 19.1 Å². The summed E-state index contributed by atoms with van der Waals surface area (Å²) in [6.45, 7) is 5.39. The Morgan fingerprint density at radius 1 is 1.32 bits per heavy atom. The van der Waals surface area contributed by atoms with Crippen LogP contribution < -0.4 is 5.32 Å². The molecule has 1 N–H and O–H groups in total. The maximum Gasteiger partial charge on any atom is 0.242 e. The smallest absolute Gasteiger partial charge is 0.242 e. The summed E-state index contributed by atoms with van der Waals surface area (Å²) in [5.41, 5.74) is 3.73. The predicted molar refractivity (Wildman–Crippen MR) is 82.0 cm³/mol. The molecule has 0 unspecified atom stereocenters. The quantitative estimate of drug-likeness (QED) is 0.769. The van der Waals surface area contributed by atoms with E-state index in [-0.39, 0.29) is 12.5 Å². The average Bonchev–Trinajstić information content (AvgIpc) is 3.08. The van der Waals surface area contributed by atoms with Crippen LogP contribution in [0.15, 0.2) is 30.7 Å². The summed E-state index contributed by atoms with van der Waals surface area (Å²) in [5, 5.41) is 11.6. The van der Waals surface area contributed by atoms with Gasteiger partial charge in [0.2, 0.25) is 5.91 Å². The number of aromatic nitrogens is 5. The van der Waals surface area contributed by atoms with E-state index in [1.54, 1.807) is 23.3 Å². The minimum absolute atomic E-state index is 0.0856. The molecule has 22 heavy (non-hydrogen) atoms. The maximum atomic E-state index is 12.1. The fourth-order valence-corrected chi connectivity index (χ4v) is 2.47. The molecule has 0 aliphatic rings. The standard InChI is InChI=1S/C15H18N6O/c1-3-20-13-9-18-21(15(13)11(2)19-20)10-14(22)17-8-12-5-4-6-16-7-12/h4-7,9H,3,8,10H2,1-2H3,(H,17,22). The Labute approximate surface area is 128 Å². The molecule has 0 aliphatic carbocycles. The first-order valence-corrected chi connectivity index (χ1v) is 7.23. The lowest BCUT2D eigenvalue weighted by Gasteiger charge is -2.05. The number of carbonyl (C=O) groups excluding carboxylic acids is 1. The van der Waals surface area contributed by atoms with Crippen LogP contribution >= 0.6 is 0 Å². The molecule has 0 spiro atoms. The lowest BCUT2D eigenvalue weighted by atomic mass is 10.3. The molecule has 7 nitrogen and oxygen atoms in total. The van der Waals surface area contributed by atoms with Crippen LogP contribution in [0, 0.1) is 6.92 Å². The van der Waals surface area contributed by atoms with E-state index in [1.165, 1.54) is 0 Å². The van der Waals surface area contributed by atoms with Crippen molar-refractivity contribution in [3.63, 3.8) is 0 Å². The largest absolute Gasteiger partial charge is 0.350 e. The van der Waals surface area contributed by atoms with Crippen LogP contribution in [0.25, 0.3) is 11.0 Å². The molecule has 0 radical (unpaired) electrons. The molecule has 0 saturated carbocycles. The normalized spacial score (nSPS) is 11.0. The van der Waals surface area contributed by atoms with E-state index < -0.39 is 0 Å². The van der Waals surface area contributed by atoms with Crippen LogP contribution in [0.4, 0.5) is 0 Å². The van der Waals surface area contributed by atoms with Gasteiger partial charge in [-0.1, -0.05) is 6.07 Å². The number of amides is 1. The zero-order valence-electron chi connectivity index (χ0n) is 12.7. The molecule has 0 atom stereocenters. The summed E-state index contributed by atoms with van der Waals surface area (Å²) in [6, 6.07) is 3.77. The first-order valence-electron chi connectivity index (χ1n) is 7.23. The van der Waals surface area contributed by atoms with Crippen molar-refractivity contribution in [2.45, 2.75) is 33.5 Å². The molecule has 0 fully saturated rings. The van der Waals surface area contributed by atoms with Crippen LogP contribution in [0.3, 0.4) is 0 Å². The van der Waals surface area contributed by atoms with Crippen molar-refractivity contribution in [1.82, 2.24) is 29.9 Å². The molecule has 0 saturated heterocycles. The number of aryl methyl sites for hydroxylation is 2. The van der Waals surface area contributed by atoms with Crippen molar-refractivity contribution in [2.75, 3.05) is 0 Å². The Balaban J connectivity index is 1.70. The van der Waals surface area contributed by atoms with Crippen LogP contribution in [0.2, 0.25) is 0 Å². The fraction of sp³-hybridized carbons (Fsp3) is 0.333. The minimum Gasteiger partial charge on any atom is -0.350 e. The molecule has 0 bridgehead atoms. The number of pyridine rings is 1. The van der Waals surface area contributed by atoms with E-state index in [4.69, 9.17) is 0 Å². The van der Waals surface area contributed by atoms with Crippen molar-refractivity contribution >= 4 is 16.9 Å². The lowest BCUT2D eigenvalue weighted by Crippen LogP contribution is -2.27. The summed E-state index contributed by atoms with van der Waals surface area (Å²) >= 11 is 0. The zero-order valence-corrected chi connectivity index (χ0v) is 12.7. The number of nitrogens with one attached hydrogen (secondary N) is 1. The Morgan fingerprint density at radius 2 is 2.18 bits per heavy atom. The Hall–Kier alpha value is -2.70. The van der Waals surface area contributed by atoms with E-state index in [1.807, 2.05) is 30.7 Å². The van der Waals surface area contributed by atoms with Gasteiger partial charge in [-0.2, -0.15) is 10.2 Å². The zero-order chi connectivity index (χ0) is 15.5. The van der Waals surface area contributed by atoms with Crippen molar-refractivity contribution < 1.29 is 4.79 Å². The van der Waals surface area contributed by atoms with E-state index >= 15 is 0 Å². The third-order valence-corrected chi connectivity index (χ3v) is 3.52. The molecule has 1 amide bonds. The van der Waals surface area contributed by atoms with E-state index in [2.05, 4.69) is 20.5 Å². The van der Waals surface area contributed by atoms with Gasteiger partial charge in [-0.05, 0) is 25.5 Å².